The molecule has 2 heterocycles. The number of fused-ring (bicyclic) bond motifs is 1. The van der Waals surface area contributed by atoms with Crippen molar-refractivity contribution in [2.75, 3.05) is 39.9 Å². The van der Waals surface area contributed by atoms with Gasteiger partial charge in [-0.05, 0) is 19.2 Å². The van der Waals surface area contributed by atoms with E-state index < -0.39 is 0 Å². The lowest BCUT2D eigenvalue weighted by Crippen LogP contribution is -2.46. The van der Waals surface area contributed by atoms with Crippen LogP contribution in [0.15, 0.2) is 12.3 Å². The van der Waals surface area contributed by atoms with Gasteiger partial charge in [0.25, 0.3) is 0 Å². The number of hydrogen-bond acceptors (Lipinski definition) is 4. The largest absolute Gasteiger partial charge is 0.375 e. The number of ether oxygens (including phenoxy) is 1. The Balaban J connectivity index is 2.12. The fourth-order valence-corrected chi connectivity index (χ4v) is 2.71. The number of hydrogen-bond donors (Lipinski definition) is 0. The lowest BCUT2D eigenvalue weighted by atomic mass is 10.1. The van der Waals surface area contributed by atoms with E-state index in [0.29, 0.717) is 13.1 Å². The third-order valence-electron chi connectivity index (χ3n) is 3.87. The van der Waals surface area contributed by atoms with Crippen molar-refractivity contribution in [3.63, 3.8) is 0 Å². The quantitative estimate of drug-likeness (QED) is 0.772. The Morgan fingerprint density at radius 3 is 2.90 bits per heavy atom. The third kappa shape index (κ3) is 3.19. The maximum absolute atomic E-state index is 12.1. The first kappa shape index (κ1) is 15.0. The zero-order chi connectivity index (χ0) is 14.5. The molecule has 1 amide bonds. The molecule has 112 valence electrons. The van der Waals surface area contributed by atoms with Gasteiger partial charge in [0.15, 0.2) is 0 Å². The summed E-state index contributed by atoms with van der Waals surface area (Å²) in [6, 6.07) is 2.20. The summed E-state index contributed by atoms with van der Waals surface area (Å²) in [5.74, 6) is 0.0458. The molecule has 1 aromatic rings. The van der Waals surface area contributed by atoms with E-state index in [0.717, 1.165) is 25.3 Å². The molecule has 0 radical (unpaired) electrons. The van der Waals surface area contributed by atoms with Gasteiger partial charge in [-0.1, -0.05) is 13.8 Å². The zero-order valence-corrected chi connectivity index (χ0v) is 12.6. The molecular weight excluding hydrogens is 256 g/mol. The zero-order valence-electron chi connectivity index (χ0n) is 12.6. The van der Waals surface area contributed by atoms with E-state index in [1.807, 2.05) is 17.2 Å². The molecule has 0 aliphatic carbocycles. The maximum atomic E-state index is 12.1. The summed E-state index contributed by atoms with van der Waals surface area (Å²) < 4.78 is 7.03. The van der Waals surface area contributed by atoms with Crippen LogP contribution >= 0.6 is 0 Å². The summed E-state index contributed by atoms with van der Waals surface area (Å²) in [4.78, 5) is 16.3. The van der Waals surface area contributed by atoms with Gasteiger partial charge in [0.05, 0.1) is 18.3 Å². The summed E-state index contributed by atoms with van der Waals surface area (Å²) in [5.41, 5.74) is 1.10. The maximum Gasteiger partial charge on any atom is 0.248 e. The number of nitrogens with zero attached hydrogens (tertiary/aromatic N) is 4. The molecule has 6 heteroatoms. The summed E-state index contributed by atoms with van der Waals surface area (Å²) in [6.07, 6.45) is 1.81. The van der Waals surface area contributed by atoms with Gasteiger partial charge in [0.1, 0.15) is 6.61 Å². The monoisotopic (exact) mass is 280 g/mol. The minimum Gasteiger partial charge on any atom is -0.375 e. The van der Waals surface area contributed by atoms with Crippen molar-refractivity contribution >= 4 is 5.91 Å². The molecule has 20 heavy (non-hydrogen) atoms. The van der Waals surface area contributed by atoms with Gasteiger partial charge in [-0.15, -0.1) is 0 Å². The lowest BCUT2D eigenvalue weighted by Gasteiger charge is -2.36. The molecule has 1 aromatic heterocycles. The van der Waals surface area contributed by atoms with Crippen LogP contribution in [0.25, 0.3) is 0 Å². The van der Waals surface area contributed by atoms with Crippen molar-refractivity contribution in [2.24, 2.45) is 0 Å². The Labute approximate surface area is 120 Å². The molecule has 1 aliphatic rings. The first-order valence-corrected chi connectivity index (χ1v) is 7.21. The van der Waals surface area contributed by atoms with E-state index in [1.54, 1.807) is 7.11 Å². The minimum atomic E-state index is 0.0458. The molecule has 1 atom stereocenters. The number of carbonyl (C=O) groups is 1. The van der Waals surface area contributed by atoms with Crippen molar-refractivity contribution in [3.8, 4) is 0 Å². The number of likely N-dealkylation sites (N-methyl/N-ethyl adjacent to an activating group) is 1. The van der Waals surface area contributed by atoms with E-state index in [1.165, 1.54) is 0 Å². The van der Waals surface area contributed by atoms with Crippen LogP contribution in [0.3, 0.4) is 0 Å². The number of methoxy groups -OCH3 is 1. The predicted octanol–water partition coefficient (Wildman–Crippen LogP) is 0.755. The molecule has 6 nitrogen and oxygen atoms in total. The van der Waals surface area contributed by atoms with Crippen LogP contribution in [0.5, 0.6) is 0 Å². The van der Waals surface area contributed by atoms with Gasteiger partial charge in [-0.2, -0.15) is 5.10 Å². The topological polar surface area (TPSA) is 50.6 Å². The molecule has 2 rings (SSSR count). The molecule has 0 bridgehead atoms. The van der Waals surface area contributed by atoms with Crippen LogP contribution < -0.4 is 0 Å². The van der Waals surface area contributed by atoms with E-state index in [4.69, 9.17) is 4.74 Å². The van der Waals surface area contributed by atoms with Crippen LogP contribution in [-0.4, -0.2) is 65.4 Å². The molecule has 0 N–H and O–H groups in total. The Morgan fingerprint density at radius 2 is 2.25 bits per heavy atom. The lowest BCUT2D eigenvalue weighted by molar-refractivity contribution is -0.137. The molecular formula is C14H24N4O2. The highest BCUT2D eigenvalue weighted by Crippen LogP contribution is 2.21. The molecule has 0 unspecified atom stereocenters. The van der Waals surface area contributed by atoms with Gasteiger partial charge in [-0.3, -0.25) is 9.48 Å². The van der Waals surface area contributed by atoms with Crippen LogP contribution in [0, 0.1) is 0 Å². The molecule has 0 saturated heterocycles. The molecule has 0 spiro atoms. The number of carbonyl (C=O) groups excluding carboxylic acids is 1. The summed E-state index contributed by atoms with van der Waals surface area (Å²) in [6.45, 7) is 8.72. The van der Waals surface area contributed by atoms with Crippen LogP contribution in [-0.2, 0) is 16.1 Å². The second kappa shape index (κ2) is 6.85. The summed E-state index contributed by atoms with van der Waals surface area (Å²) in [7, 11) is 1.56. The average Bonchev–Trinajstić information content (AvgIpc) is 2.93. The van der Waals surface area contributed by atoms with Gasteiger partial charge < -0.3 is 14.5 Å². The van der Waals surface area contributed by atoms with Gasteiger partial charge in [0, 0.05) is 26.4 Å². The third-order valence-corrected chi connectivity index (χ3v) is 3.87. The number of amides is 1. The van der Waals surface area contributed by atoms with E-state index in [9.17, 15) is 4.79 Å². The second-order valence-corrected chi connectivity index (χ2v) is 5.11. The van der Waals surface area contributed by atoms with Crippen LogP contribution in [0.2, 0.25) is 0 Å². The Hall–Kier alpha value is -1.40. The highest BCUT2D eigenvalue weighted by atomic mass is 16.5. The Kier molecular flexibility index (Phi) is 5.14. The van der Waals surface area contributed by atoms with Gasteiger partial charge in [0.2, 0.25) is 5.91 Å². The normalized spacial score (nSPS) is 18.4. The summed E-state index contributed by atoms with van der Waals surface area (Å²) >= 11 is 0. The highest BCUT2D eigenvalue weighted by Gasteiger charge is 2.29. The molecule has 1 aliphatic heterocycles. The smallest absolute Gasteiger partial charge is 0.248 e. The predicted molar refractivity (Wildman–Crippen MR) is 76.3 cm³/mol. The van der Waals surface area contributed by atoms with Crippen LogP contribution in [0.4, 0.5) is 0 Å². The molecule has 0 fully saturated rings. The van der Waals surface area contributed by atoms with Crippen molar-refractivity contribution in [1.29, 1.82) is 0 Å². The standard InChI is InChI=1S/C14H24N4O2/c1-4-16(5-2)8-13-10-17(14(19)11-20-3)9-12-6-7-15-18(12)13/h6-7,13H,4-5,8-11H2,1-3H3/t13-/m0/s1. The Morgan fingerprint density at radius 1 is 1.50 bits per heavy atom. The van der Waals surface area contributed by atoms with Crippen molar-refractivity contribution in [2.45, 2.75) is 26.4 Å². The summed E-state index contributed by atoms with van der Waals surface area (Å²) in [5, 5.41) is 4.42. The number of aromatic nitrogens is 2. The van der Waals surface area contributed by atoms with E-state index in [-0.39, 0.29) is 18.6 Å². The SMILES string of the molecule is CCN(CC)C[C@H]1CN(C(=O)COC)Cc2ccnn21. The van der Waals surface area contributed by atoms with Gasteiger partial charge in [-0.25, -0.2) is 0 Å². The Bertz CT molecular complexity index is 442. The van der Waals surface area contributed by atoms with Crippen molar-refractivity contribution in [1.82, 2.24) is 19.6 Å². The average molecular weight is 280 g/mol. The van der Waals surface area contributed by atoms with Crippen molar-refractivity contribution < 1.29 is 9.53 Å². The van der Waals surface area contributed by atoms with Crippen LogP contribution in [0.1, 0.15) is 25.6 Å². The number of rotatable bonds is 6. The fraction of sp³-hybridized carbons (Fsp3) is 0.714. The first-order valence-electron chi connectivity index (χ1n) is 7.21. The fourth-order valence-electron chi connectivity index (χ4n) is 2.71. The minimum absolute atomic E-state index is 0.0458. The van der Waals surface area contributed by atoms with E-state index >= 15 is 0 Å². The van der Waals surface area contributed by atoms with Gasteiger partial charge >= 0.3 is 0 Å². The molecule has 0 saturated carbocycles. The molecule has 0 aromatic carbocycles. The highest BCUT2D eigenvalue weighted by molar-refractivity contribution is 5.77. The van der Waals surface area contributed by atoms with E-state index in [2.05, 4.69) is 28.5 Å². The first-order chi connectivity index (χ1) is 9.69. The van der Waals surface area contributed by atoms with Crippen molar-refractivity contribution in [3.05, 3.63) is 18.0 Å². The second-order valence-electron chi connectivity index (χ2n) is 5.11.